The Bertz CT molecular complexity index is 318. The maximum absolute atomic E-state index is 10.8. The zero-order valence-electron chi connectivity index (χ0n) is 10.9. The Hall–Kier alpha value is -0.570. The standard InChI is InChI=1S/C9H18ClN3O4/c1-11(2)7-8(12(3)4)9(7,13(5)6)17-10(14,15)16/h1-6H3. The van der Waals surface area contributed by atoms with E-state index in [0.29, 0.717) is 11.4 Å². The van der Waals surface area contributed by atoms with Crippen LogP contribution in [0.4, 0.5) is 0 Å². The van der Waals surface area contributed by atoms with E-state index in [9.17, 15) is 14.0 Å². The van der Waals surface area contributed by atoms with Crippen molar-refractivity contribution in [2.24, 2.45) is 0 Å². The van der Waals surface area contributed by atoms with Gasteiger partial charge in [0, 0.05) is 28.2 Å². The predicted molar refractivity (Wildman–Crippen MR) is 51.9 cm³/mol. The van der Waals surface area contributed by atoms with Gasteiger partial charge in [-0.15, -0.1) is 0 Å². The molecule has 17 heavy (non-hydrogen) atoms. The molecule has 0 bridgehead atoms. The Labute approximate surface area is 103 Å². The molecule has 0 saturated carbocycles. The Balaban J connectivity index is 3.07. The molecule has 7 nitrogen and oxygen atoms in total. The normalized spacial score (nSPS) is 18.7. The van der Waals surface area contributed by atoms with Gasteiger partial charge in [-0.1, -0.05) is 0 Å². The second-order valence-electron chi connectivity index (χ2n) is 4.48. The van der Waals surface area contributed by atoms with Crippen molar-refractivity contribution in [2.45, 2.75) is 5.72 Å². The Morgan fingerprint density at radius 3 is 1.41 bits per heavy atom. The number of hydrogen-bond acceptors (Lipinski definition) is 7. The minimum Gasteiger partial charge on any atom is -0.375 e. The van der Waals surface area contributed by atoms with Crippen molar-refractivity contribution in [2.75, 3.05) is 42.3 Å². The summed E-state index contributed by atoms with van der Waals surface area (Å²) in [6.45, 7) is 0. The summed E-state index contributed by atoms with van der Waals surface area (Å²) < 4.78 is 37.2. The van der Waals surface area contributed by atoms with Crippen LogP contribution in [0.1, 0.15) is 0 Å². The van der Waals surface area contributed by atoms with Crippen LogP contribution in [0, 0.1) is 10.2 Å². The summed E-state index contributed by atoms with van der Waals surface area (Å²) in [4.78, 5) is 5.02. The summed E-state index contributed by atoms with van der Waals surface area (Å²) in [5.74, 6) is 0. The number of nitrogens with zero attached hydrogens (tertiary/aromatic N) is 3. The van der Waals surface area contributed by atoms with Gasteiger partial charge in [0.25, 0.3) is 0 Å². The molecule has 0 spiro atoms. The average molecular weight is 268 g/mol. The number of rotatable bonds is 5. The van der Waals surface area contributed by atoms with Gasteiger partial charge in [0.1, 0.15) is 15.7 Å². The van der Waals surface area contributed by atoms with E-state index < -0.39 is 16.0 Å². The lowest BCUT2D eigenvalue weighted by Gasteiger charge is -2.27. The number of halogens is 1. The minimum atomic E-state index is -4.50. The van der Waals surface area contributed by atoms with E-state index in [1.165, 1.54) is 0 Å². The number of hydrogen-bond donors (Lipinski definition) is 0. The summed E-state index contributed by atoms with van der Waals surface area (Å²) in [5.41, 5.74) is 0.0219. The van der Waals surface area contributed by atoms with Crippen LogP contribution in [0.3, 0.4) is 0 Å². The molecule has 0 atom stereocenters. The van der Waals surface area contributed by atoms with Crippen molar-refractivity contribution in [1.29, 1.82) is 0 Å². The lowest BCUT2D eigenvalue weighted by atomic mass is 10.4. The molecule has 1 aliphatic rings. The lowest BCUT2D eigenvalue weighted by molar-refractivity contribution is -1.92. The van der Waals surface area contributed by atoms with Crippen LogP contribution in [-0.4, -0.2) is 62.7 Å². The van der Waals surface area contributed by atoms with Crippen LogP contribution >= 0.6 is 0 Å². The van der Waals surface area contributed by atoms with Crippen molar-refractivity contribution in [3.05, 3.63) is 11.4 Å². The highest BCUT2D eigenvalue weighted by Crippen LogP contribution is 2.51. The summed E-state index contributed by atoms with van der Waals surface area (Å²) in [5, 5.41) is 0. The first-order chi connectivity index (χ1) is 7.54. The lowest BCUT2D eigenvalue weighted by Crippen LogP contribution is -2.65. The molecule has 0 amide bonds. The maximum atomic E-state index is 10.8. The molecule has 0 aromatic carbocycles. The van der Waals surface area contributed by atoms with E-state index in [0.717, 1.165) is 0 Å². The molecule has 100 valence electrons. The zero-order valence-corrected chi connectivity index (χ0v) is 11.6. The molecule has 8 heteroatoms. The maximum Gasteiger partial charge on any atom is 0.361 e. The highest BCUT2D eigenvalue weighted by atomic mass is 35.7. The van der Waals surface area contributed by atoms with Crippen LogP contribution in [0.2, 0.25) is 0 Å². The first-order valence-electron chi connectivity index (χ1n) is 4.93. The molecule has 0 aromatic rings. The Kier molecular flexibility index (Phi) is 3.64. The molecule has 0 heterocycles. The first-order valence-corrected chi connectivity index (χ1v) is 6.16. The molecule has 1 rings (SSSR count). The van der Waals surface area contributed by atoms with Crippen LogP contribution in [0.25, 0.3) is 0 Å². The Morgan fingerprint density at radius 2 is 1.24 bits per heavy atom. The van der Waals surface area contributed by atoms with Crippen molar-refractivity contribution in [3.63, 3.8) is 0 Å². The minimum absolute atomic E-state index is 0.652. The molecule has 0 N–H and O–H groups in total. The van der Waals surface area contributed by atoms with Crippen molar-refractivity contribution in [3.8, 4) is 0 Å². The van der Waals surface area contributed by atoms with Gasteiger partial charge in [-0.05, 0) is 14.1 Å². The second kappa shape index (κ2) is 4.27. The molecule has 0 fully saturated rings. The quantitative estimate of drug-likeness (QED) is 0.478. The Morgan fingerprint density at radius 1 is 0.882 bits per heavy atom. The second-order valence-corrected chi connectivity index (χ2v) is 5.39. The van der Waals surface area contributed by atoms with Gasteiger partial charge in [-0.25, -0.2) is 0 Å². The summed E-state index contributed by atoms with van der Waals surface area (Å²) >= 11 is 0. The SMILES string of the molecule is CN(C)C1=C(N(C)C)C1(O[Cl+3]([O-])([O-])[O-])N(C)C. The third-order valence-electron chi connectivity index (χ3n) is 2.53. The molecular weight excluding hydrogens is 250 g/mol. The van der Waals surface area contributed by atoms with E-state index in [2.05, 4.69) is 0 Å². The van der Waals surface area contributed by atoms with Crippen molar-refractivity contribution in [1.82, 2.24) is 14.7 Å². The zero-order chi connectivity index (χ0) is 13.6. The summed E-state index contributed by atoms with van der Waals surface area (Å²) in [6.07, 6.45) is 0. The molecule has 0 radical (unpaired) electrons. The van der Waals surface area contributed by atoms with Gasteiger partial charge in [-0.3, -0.25) is 4.90 Å². The highest BCUT2D eigenvalue weighted by molar-refractivity contribution is 5.49. The van der Waals surface area contributed by atoms with E-state index in [4.69, 9.17) is 4.29 Å². The third kappa shape index (κ3) is 2.49. The van der Waals surface area contributed by atoms with Crippen LogP contribution in [0.5, 0.6) is 0 Å². The summed E-state index contributed by atoms with van der Waals surface area (Å²) in [6, 6.07) is 0. The van der Waals surface area contributed by atoms with E-state index in [1.807, 2.05) is 0 Å². The fraction of sp³-hybridized carbons (Fsp3) is 0.778. The molecule has 0 aliphatic heterocycles. The van der Waals surface area contributed by atoms with Crippen molar-refractivity contribution >= 4 is 0 Å². The van der Waals surface area contributed by atoms with Gasteiger partial charge in [0.15, 0.2) is 0 Å². The van der Waals surface area contributed by atoms with E-state index >= 15 is 0 Å². The average Bonchev–Trinajstić information content (AvgIpc) is 2.71. The topological polar surface area (TPSA) is 88.1 Å². The first kappa shape index (κ1) is 14.5. The van der Waals surface area contributed by atoms with Crippen LogP contribution in [0.15, 0.2) is 11.4 Å². The fourth-order valence-corrected chi connectivity index (χ4v) is 2.52. The molecule has 0 saturated heterocycles. The van der Waals surface area contributed by atoms with Gasteiger partial charge < -0.3 is 9.80 Å². The number of likely N-dealkylation sites (N-methyl/N-ethyl adjacent to an activating group) is 3. The van der Waals surface area contributed by atoms with Gasteiger partial charge >= 0.3 is 5.72 Å². The van der Waals surface area contributed by atoms with Gasteiger partial charge in [0.2, 0.25) is 0 Å². The molecular formula is C9H18ClN3O4. The molecule has 1 aliphatic carbocycles. The highest BCUT2D eigenvalue weighted by Gasteiger charge is 2.71. The van der Waals surface area contributed by atoms with E-state index in [-0.39, 0.29) is 0 Å². The predicted octanol–water partition coefficient (Wildman–Crippen LogP) is -3.49. The van der Waals surface area contributed by atoms with Crippen molar-refractivity contribution < 1.29 is 28.5 Å². The fourth-order valence-electron chi connectivity index (χ4n) is 1.96. The summed E-state index contributed by atoms with van der Waals surface area (Å²) in [7, 11) is 5.87. The van der Waals surface area contributed by atoms with Crippen LogP contribution < -0.4 is 14.0 Å². The van der Waals surface area contributed by atoms with Gasteiger partial charge in [-0.2, -0.15) is 14.0 Å². The van der Waals surface area contributed by atoms with E-state index in [1.54, 1.807) is 57.0 Å². The largest absolute Gasteiger partial charge is 0.375 e. The molecule has 0 unspecified atom stereocenters. The molecule has 0 aromatic heterocycles. The monoisotopic (exact) mass is 267 g/mol. The van der Waals surface area contributed by atoms with Gasteiger partial charge in [0.05, 0.1) is 10.2 Å². The van der Waals surface area contributed by atoms with Crippen LogP contribution in [-0.2, 0) is 4.29 Å². The smallest absolute Gasteiger partial charge is 0.361 e. The third-order valence-corrected chi connectivity index (χ3v) is 2.95.